The molecule has 0 N–H and O–H groups in total. The molecule has 2 fully saturated rings. The van der Waals surface area contributed by atoms with Crippen molar-refractivity contribution in [2.45, 2.75) is 25.8 Å². The number of aromatic nitrogens is 3. The van der Waals surface area contributed by atoms with Gasteiger partial charge in [0, 0.05) is 45.6 Å². The Morgan fingerprint density at radius 3 is 2.74 bits per heavy atom. The van der Waals surface area contributed by atoms with Crippen LogP contribution in [0.4, 0.5) is 11.4 Å². The molecule has 0 radical (unpaired) electrons. The lowest BCUT2D eigenvalue weighted by Crippen LogP contribution is -2.66. The van der Waals surface area contributed by atoms with Crippen LogP contribution in [-0.2, 0) is 11.8 Å². The van der Waals surface area contributed by atoms with Gasteiger partial charge in [0.15, 0.2) is 0 Å². The maximum absolute atomic E-state index is 12.9. The Kier molecular flexibility index (Phi) is 4.63. The van der Waals surface area contributed by atoms with Crippen molar-refractivity contribution in [1.82, 2.24) is 19.7 Å². The largest absolute Gasteiger partial charge is 0.368 e. The molecule has 2 saturated heterocycles. The van der Waals surface area contributed by atoms with E-state index in [4.69, 9.17) is 0 Å². The van der Waals surface area contributed by atoms with Gasteiger partial charge in [-0.2, -0.15) is 5.10 Å². The van der Waals surface area contributed by atoms with Crippen LogP contribution in [0.15, 0.2) is 36.9 Å². The molecule has 4 rings (SSSR count). The van der Waals surface area contributed by atoms with Gasteiger partial charge in [0.25, 0.3) is 0 Å². The van der Waals surface area contributed by atoms with Gasteiger partial charge in [-0.3, -0.25) is 19.4 Å². The van der Waals surface area contributed by atoms with E-state index >= 15 is 0 Å². The zero-order valence-electron chi connectivity index (χ0n) is 16.4. The van der Waals surface area contributed by atoms with Gasteiger partial charge in [0.1, 0.15) is 0 Å². The molecule has 0 unspecified atom stereocenters. The highest BCUT2D eigenvalue weighted by atomic mass is 16.2. The Hall–Kier alpha value is -2.41. The zero-order valence-corrected chi connectivity index (χ0v) is 16.4. The number of carbonyl (C=O) groups is 1. The maximum Gasteiger partial charge on any atom is 0.241 e. The smallest absolute Gasteiger partial charge is 0.241 e. The number of anilines is 2. The predicted octanol–water partition coefficient (Wildman–Crippen LogP) is 1.77. The number of hydrogen-bond acceptors (Lipinski definition) is 5. The van der Waals surface area contributed by atoms with Gasteiger partial charge in [-0.25, -0.2) is 0 Å². The minimum Gasteiger partial charge on any atom is -0.368 e. The average Bonchev–Trinajstić information content (AvgIpc) is 3.26. The summed E-state index contributed by atoms with van der Waals surface area (Å²) in [6.45, 7) is 8.45. The van der Waals surface area contributed by atoms with Gasteiger partial charge >= 0.3 is 0 Å². The molecule has 2 aliphatic heterocycles. The summed E-state index contributed by atoms with van der Waals surface area (Å²) >= 11 is 0. The number of pyridine rings is 1. The third-order valence-corrected chi connectivity index (χ3v) is 5.68. The first-order valence-corrected chi connectivity index (χ1v) is 9.66. The molecule has 2 aliphatic rings. The molecule has 1 spiro atoms. The lowest BCUT2D eigenvalue weighted by Gasteiger charge is -2.48. The van der Waals surface area contributed by atoms with Crippen LogP contribution >= 0.6 is 0 Å². The average molecular weight is 368 g/mol. The zero-order chi connectivity index (χ0) is 19.0. The Balaban J connectivity index is 1.63. The lowest BCUT2D eigenvalue weighted by atomic mass is 9.91. The molecule has 7 heteroatoms. The van der Waals surface area contributed by atoms with E-state index < -0.39 is 0 Å². The second-order valence-electron chi connectivity index (χ2n) is 8.23. The van der Waals surface area contributed by atoms with E-state index in [1.165, 1.54) is 0 Å². The fourth-order valence-corrected chi connectivity index (χ4v) is 4.39. The van der Waals surface area contributed by atoms with Crippen LogP contribution < -0.4 is 9.80 Å². The number of hydrogen-bond donors (Lipinski definition) is 0. The second-order valence-corrected chi connectivity index (χ2v) is 8.23. The topological polar surface area (TPSA) is 57.5 Å². The van der Waals surface area contributed by atoms with E-state index in [1.807, 2.05) is 36.6 Å². The van der Waals surface area contributed by atoms with Gasteiger partial charge in [-0.15, -0.1) is 0 Å². The van der Waals surface area contributed by atoms with Crippen LogP contribution in [0.3, 0.4) is 0 Å². The minimum absolute atomic E-state index is 0.0378. The Morgan fingerprint density at radius 1 is 1.22 bits per heavy atom. The first kappa shape index (κ1) is 18.0. The number of rotatable bonds is 4. The monoisotopic (exact) mass is 368 g/mol. The number of amides is 1. The Labute approximate surface area is 160 Å². The van der Waals surface area contributed by atoms with E-state index in [1.54, 1.807) is 10.9 Å². The summed E-state index contributed by atoms with van der Waals surface area (Å²) in [5.41, 5.74) is 2.01. The van der Waals surface area contributed by atoms with Crippen molar-refractivity contribution < 1.29 is 4.79 Å². The molecule has 0 bridgehead atoms. The van der Waals surface area contributed by atoms with Gasteiger partial charge in [0.05, 0.1) is 35.9 Å². The van der Waals surface area contributed by atoms with E-state index in [2.05, 4.69) is 39.8 Å². The summed E-state index contributed by atoms with van der Waals surface area (Å²) in [5.74, 6) is 0.682. The number of carbonyl (C=O) groups excluding carboxylic acids is 1. The Bertz CT molecular complexity index is 804. The fourth-order valence-electron chi connectivity index (χ4n) is 4.39. The van der Waals surface area contributed by atoms with Crippen LogP contribution in [0, 0.1) is 5.92 Å². The van der Waals surface area contributed by atoms with Crippen molar-refractivity contribution in [2.24, 2.45) is 13.0 Å². The quantitative estimate of drug-likeness (QED) is 0.823. The highest BCUT2D eigenvalue weighted by Crippen LogP contribution is 2.36. The van der Waals surface area contributed by atoms with E-state index in [0.717, 1.165) is 37.4 Å². The van der Waals surface area contributed by atoms with Crippen LogP contribution in [-0.4, -0.2) is 63.8 Å². The van der Waals surface area contributed by atoms with E-state index in [9.17, 15) is 4.79 Å². The summed E-state index contributed by atoms with van der Waals surface area (Å²) in [7, 11) is 1.89. The van der Waals surface area contributed by atoms with Crippen LogP contribution in [0.1, 0.15) is 20.3 Å². The van der Waals surface area contributed by atoms with Gasteiger partial charge < -0.3 is 9.80 Å². The highest BCUT2D eigenvalue weighted by molar-refractivity contribution is 5.95. The molecule has 4 heterocycles. The van der Waals surface area contributed by atoms with Crippen molar-refractivity contribution in [1.29, 1.82) is 0 Å². The summed E-state index contributed by atoms with van der Waals surface area (Å²) in [5, 5.41) is 4.26. The molecule has 144 valence electrons. The summed E-state index contributed by atoms with van der Waals surface area (Å²) in [6, 6.07) is 4.10. The molecule has 1 amide bonds. The number of piperazine rings is 1. The van der Waals surface area contributed by atoms with Gasteiger partial charge in [0.2, 0.25) is 5.91 Å². The molecular formula is C20H28N6O. The molecular weight excluding hydrogens is 340 g/mol. The van der Waals surface area contributed by atoms with E-state index in [0.29, 0.717) is 19.0 Å². The number of aryl methyl sites for hydroxylation is 1. The fraction of sp³-hybridized carbons (Fsp3) is 0.550. The minimum atomic E-state index is -0.0378. The first-order valence-electron chi connectivity index (χ1n) is 9.66. The molecule has 1 atom stereocenters. The van der Waals surface area contributed by atoms with Crippen LogP contribution in [0.5, 0.6) is 0 Å². The van der Waals surface area contributed by atoms with Crippen molar-refractivity contribution in [2.75, 3.05) is 42.5 Å². The molecule has 0 saturated carbocycles. The SMILES string of the molecule is CC(C)CN1CC(=O)N(c2cnn(C)c2)C[C@@]12CCN(c1cccnc1)C2. The van der Waals surface area contributed by atoms with E-state index in [-0.39, 0.29) is 11.4 Å². The molecule has 2 aromatic rings. The summed E-state index contributed by atoms with van der Waals surface area (Å²) in [4.78, 5) is 23.9. The van der Waals surface area contributed by atoms with Gasteiger partial charge in [-0.1, -0.05) is 13.8 Å². The third-order valence-electron chi connectivity index (χ3n) is 5.68. The molecule has 0 aliphatic carbocycles. The lowest BCUT2D eigenvalue weighted by molar-refractivity contribution is -0.124. The molecule has 27 heavy (non-hydrogen) atoms. The molecule has 7 nitrogen and oxygen atoms in total. The van der Waals surface area contributed by atoms with Crippen LogP contribution in [0.25, 0.3) is 0 Å². The third kappa shape index (κ3) is 3.43. The van der Waals surface area contributed by atoms with Crippen molar-refractivity contribution in [3.8, 4) is 0 Å². The summed E-state index contributed by atoms with van der Waals surface area (Å²) in [6.07, 6.45) is 8.50. The first-order chi connectivity index (χ1) is 13.0. The molecule has 2 aromatic heterocycles. The van der Waals surface area contributed by atoms with Crippen molar-refractivity contribution in [3.63, 3.8) is 0 Å². The number of nitrogens with zero attached hydrogens (tertiary/aromatic N) is 6. The Morgan fingerprint density at radius 2 is 2.07 bits per heavy atom. The predicted molar refractivity (Wildman–Crippen MR) is 106 cm³/mol. The highest BCUT2D eigenvalue weighted by Gasteiger charge is 2.49. The van der Waals surface area contributed by atoms with Gasteiger partial charge in [-0.05, 0) is 24.5 Å². The maximum atomic E-state index is 12.9. The summed E-state index contributed by atoms with van der Waals surface area (Å²) < 4.78 is 1.76. The second kappa shape index (κ2) is 6.96. The normalized spacial score (nSPS) is 23.8. The van der Waals surface area contributed by atoms with Crippen molar-refractivity contribution >= 4 is 17.3 Å². The molecule has 0 aromatic carbocycles. The van der Waals surface area contributed by atoms with Crippen LogP contribution in [0.2, 0.25) is 0 Å². The standard InChI is InChI=1S/C20H28N6O/c1-16(2)11-25-13-19(27)26(18-10-22-23(3)12-18)15-20(25)6-8-24(14-20)17-5-4-7-21-9-17/h4-5,7,9-10,12,16H,6,8,11,13-15H2,1-3H3/t20-/m0/s1. The van der Waals surface area contributed by atoms with Crippen molar-refractivity contribution in [3.05, 3.63) is 36.9 Å².